The van der Waals surface area contributed by atoms with Crippen molar-refractivity contribution in [3.8, 4) is 17.2 Å². The first-order valence-electron chi connectivity index (χ1n) is 10.4. The summed E-state index contributed by atoms with van der Waals surface area (Å²) in [6.45, 7) is 6.42. The van der Waals surface area contributed by atoms with E-state index in [1.807, 2.05) is 20.8 Å². The molecule has 2 rings (SSSR count). The highest BCUT2D eigenvalue weighted by Crippen LogP contribution is 2.36. The van der Waals surface area contributed by atoms with E-state index in [0.717, 1.165) is 0 Å². The van der Waals surface area contributed by atoms with Gasteiger partial charge in [-0.05, 0) is 45.7 Å². The van der Waals surface area contributed by atoms with E-state index >= 15 is 0 Å². The number of nitrogens with zero attached hydrogens (tertiary/aromatic N) is 1. The number of amides is 2. The number of hydrogen-bond acceptors (Lipinski definition) is 7. The van der Waals surface area contributed by atoms with Crippen molar-refractivity contribution in [1.29, 1.82) is 0 Å². The fourth-order valence-electron chi connectivity index (χ4n) is 3.21. The van der Waals surface area contributed by atoms with Gasteiger partial charge in [0, 0.05) is 25.6 Å². The summed E-state index contributed by atoms with van der Waals surface area (Å²) < 4.78 is 21.5. The highest BCUT2D eigenvalue weighted by molar-refractivity contribution is 5.79. The molecule has 1 aliphatic heterocycles. The lowest BCUT2D eigenvalue weighted by atomic mass is 9.96. The highest BCUT2D eigenvalue weighted by Gasteiger charge is 2.30. The first-order valence-corrected chi connectivity index (χ1v) is 10.4. The molecular formula is C22H34N2O7. The van der Waals surface area contributed by atoms with Crippen LogP contribution in [0.4, 0.5) is 4.79 Å². The van der Waals surface area contributed by atoms with Gasteiger partial charge < -0.3 is 34.3 Å². The van der Waals surface area contributed by atoms with E-state index in [2.05, 4.69) is 5.32 Å². The molecule has 2 N–H and O–H groups in total. The SMILES string of the molecule is COc1cccc(OC)c1OCC(O)CNC(=O)C1CCN(C(=O)OC(C)(C)C)CC1. The van der Waals surface area contributed by atoms with Crippen molar-refractivity contribution in [3.05, 3.63) is 18.2 Å². The third kappa shape index (κ3) is 7.50. The second kappa shape index (κ2) is 11.1. The molecule has 31 heavy (non-hydrogen) atoms. The summed E-state index contributed by atoms with van der Waals surface area (Å²) in [4.78, 5) is 26.2. The number of ether oxygens (including phenoxy) is 4. The van der Waals surface area contributed by atoms with E-state index in [1.54, 1.807) is 23.1 Å². The van der Waals surface area contributed by atoms with Crippen molar-refractivity contribution < 1.29 is 33.6 Å². The number of aliphatic hydroxyl groups is 1. The molecular weight excluding hydrogens is 404 g/mol. The van der Waals surface area contributed by atoms with Crippen LogP contribution in [0.1, 0.15) is 33.6 Å². The molecule has 9 heteroatoms. The number of carbonyl (C=O) groups is 2. The summed E-state index contributed by atoms with van der Waals surface area (Å²) >= 11 is 0. The molecule has 1 aromatic rings. The predicted octanol–water partition coefficient (Wildman–Crippen LogP) is 2.21. The first-order chi connectivity index (χ1) is 14.6. The standard InChI is InChI=1S/C22H34N2O7/c1-22(2,3)31-21(27)24-11-9-15(10-12-24)20(26)23-13-16(25)14-30-19-17(28-4)7-6-8-18(19)29-5/h6-8,15-16,25H,9-14H2,1-5H3,(H,23,26). The van der Waals surface area contributed by atoms with Crippen molar-refractivity contribution in [2.24, 2.45) is 5.92 Å². The molecule has 174 valence electrons. The zero-order valence-electron chi connectivity index (χ0n) is 19.0. The van der Waals surface area contributed by atoms with Crippen LogP contribution in [0.2, 0.25) is 0 Å². The number of aliphatic hydroxyl groups excluding tert-OH is 1. The molecule has 0 radical (unpaired) electrons. The Labute approximate surface area is 183 Å². The largest absolute Gasteiger partial charge is 0.493 e. The molecule has 1 aromatic carbocycles. The summed E-state index contributed by atoms with van der Waals surface area (Å²) in [5, 5.41) is 13.0. The van der Waals surface area contributed by atoms with Crippen molar-refractivity contribution in [3.63, 3.8) is 0 Å². The maximum atomic E-state index is 12.4. The average Bonchev–Trinajstić information content (AvgIpc) is 2.74. The van der Waals surface area contributed by atoms with Crippen LogP contribution in [-0.2, 0) is 9.53 Å². The number of para-hydroxylation sites is 1. The molecule has 0 bridgehead atoms. The Balaban J connectivity index is 1.75. The Morgan fingerprint density at radius 1 is 1.16 bits per heavy atom. The van der Waals surface area contributed by atoms with E-state index in [0.29, 0.717) is 43.2 Å². The van der Waals surface area contributed by atoms with Gasteiger partial charge in [-0.2, -0.15) is 0 Å². The second-order valence-corrected chi connectivity index (χ2v) is 8.44. The smallest absolute Gasteiger partial charge is 0.410 e. The van der Waals surface area contributed by atoms with Gasteiger partial charge in [-0.3, -0.25) is 4.79 Å². The van der Waals surface area contributed by atoms with Gasteiger partial charge in [-0.1, -0.05) is 6.07 Å². The van der Waals surface area contributed by atoms with Crippen LogP contribution in [0.15, 0.2) is 18.2 Å². The second-order valence-electron chi connectivity index (χ2n) is 8.44. The van der Waals surface area contributed by atoms with E-state index < -0.39 is 11.7 Å². The summed E-state index contributed by atoms with van der Waals surface area (Å²) in [6, 6.07) is 5.24. The molecule has 1 unspecified atom stereocenters. The lowest BCUT2D eigenvalue weighted by Crippen LogP contribution is -2.46. The minimum atomic E-state index is -0.902. The molecule has 1 saturated heterocycles. The highest BCUT2D eigenvalue weighted by atomic mass is 16.6. The Morgan fingerprint density at radius 3 is 2.26 bits per heavy atom. The van der Waals surface area contributed by atoms with E-state index in [-0.39, 0.29) is 31.1 Å². The third-order valence-electron chi connectivity index (χ3n) is 4.83. The van der Waals surface area contributed by atoms with Crippen molar-refractivity contribution in [1.82, 2.24) is 10.2 Å². The number of hydrogen-bond donors (Lipinski definition) is 2. The quantitative estimate of drug-likeness (QED) is 0.641. The fourth-order valence-corrected chi connectivity index (χ4v) is 3.21. The molecule has 0 aromatic heterocycles. The Bertz CT molecular complexity index is 718. The average molecular weight is 439 g/mol. The topological polar surface area (TPSA) is 107 Å². The lowest BCUT2D eigenvalue weighted by molar-refractivity contribution is -0.127. The Kier molecular flexibility index (Phi) is 8.79. The minimum Gasteiger partial charge on any atom is -0.493 e. The molecule has 2 amide bonds. The Morgan fingerprint density at radius 2 is 1.74 bits per heavy atom. The molecule has 1 aliphatic rings. The lowest BCUT2D eigenvalue weighted by Gasteiger charge is -2.33. The number of likely N-dealkylation sites (tertiary alicyclic amines) is 1. The predicted molar refractivity (Wildman–Crippen MR) is 115 cm³/mol. The number of rotatable bonds is 8. The number of nitrogens with one attached hydrogen (secondary N) is 1. The normalized spacial score (nSPS) is 15.7. The van der Waals surface area contributed by atoms with Gasteiger partial charge in [-0.25, -0.2) is 4.79 Å². The molecule has 0 saturated carbocycles. The van der Waals surface area contributed by atoms with Gasteiger partial charge >= 0.3 is 6.09 Å². The summed E-state index contributed by atoms with van der Waals surface area (Å²) in [6.07, 6.45) is -0.155. The number of piperidine rings is 1. The van der Waals surface area contributed by atoms with Crippen LogP contribution in [-0.4, -0.2) is 74.2 Å². The molecule has 1 heterocycles. The van der Waals surface area contributed by atoms with Crippen LogP contribution in [0.3, 0.4) is 0 Å². The summed E-state index contributed by atoms with van der Waals surface area (Å²) in [5.41, 5.74) is -0.544. The van der Waals surface area contributed by atoms with E-state index in [1.165, 1.54) is 14.2 Å². The summed E-state index contributed by atoms with van der Waals surface area (Å²) in [5.74, 6) is 1.03. The van der Waals surface area contributed by atoms with Crippen LogP contribution in [0.25, 0.3) is 0 Å². The minimum absolute atomic E-state index is 0.0336. The number of benzene rings is 1. The molecule has 1 fully saturated rings. The van der Waals surface area contributed by atoms with Crippen LogP contribution < -0.4 is 19.5 Å². The molecule has 0 spiro atoms. The van der Waals surface area contributed by atoms with Crippen LogP contribution in [0.5, 0.6) is 17.2 Å². The fraction of sp³-hybridized carbons (Fsp3) is 0.636. The van der Waals surface area contributed by atoms with Gasteiger partial charge in [0.15, 0.2) is 11.5 Å². The van der Waals surface area contributed by atoms with Crippen molar-refractivity contribution in [2.75, 3.05) is 40.5 Å². The first kappa shape index (κ1) is 24.6. The Hall–Kier alpha value is -2.68. The zero-order chi connectivity index (χ0) is 23.0. The maximum Gasteiger partial charge on any atom is 0.410 e. The van der Waals surface area contributed by atoms with Crippen LogP contribution >= 0.6 is 0 Å². The van der Waals surface area contributed by atoms with Gasteiger partial charge in [-0.15, -0.1) is 0 Å². The number of carbonyl (C=O) groups excluding carboxylic acids is 2. The van der Waals surface area contributed by atoms with E-state index in [4.69, 9.17) is 18.9 Å². The van der Waals surface area contributed by atoms with E-state index in [9.17, 15) is 14.7 Å². The van der Waals surface area contributed by atoms with Gasteiger partial charge in [0.1, 0.15) is 18.3 Å². The molecule has 1 atom stereocenters. The maximum absolute atomic E-state index is 12.4. The van der Waals surface area contributed by atoms with Crippen LogP contribution in [0, 0.1) is 5.92 Å². The van der Waals surface area contributed by atoms with Gasteiger partial charge in [0.05, 0.1) is 14.2 Å². The van der Waals surface area contributed by atoms with Gasteiger partial charge in [0.25, 0.3) is 0 Å². The summed E-state index contributed by atoms with van der Waals surface area (Å²) in [7, 11) is 3.04. The van der Waals surface area contributed by atoms with Crippen molar-refractivity contribution in [2.45, 2.75) is 45.3 Å². The monoisotopic (exact) mass is 438 g/mol. The third-order valence-corrected chi connectivity index (χ3v) is 4.83. The zero-order valence-corrected chi connectivity index (χ0v) is 19.0. The van der Waals surface area contributed by atoms with Gasteiger partial charge in [0.2, 0.25) is 11.7 Å². The van der Waals surface area contributed by atoms with Crippen molar-refractivity contribution >= 4 is 12.0 Å². The number of methoxy groups -OCH3 is 2. The molecule has 0 aliphatic carbocycles. The molecule has 9 nitrogen and oxygen atoms in total.